The third kappa shape index (κ3) is 3.13. The van der Waals surface area contributed by atoms with E-state index in [2.05, 4.69) is 33.5 Å². The van der Waals surface area contributed by atoms with Crippen LogP contribution < -0.4 is 0 Å². The van der Waals surface area contributed by atoms with E-state index >= 15 is 0 Å². The summed E-state index contributed by atoms with van der Waals surface area (Å²) in [4.78, 5) is 0. The fourth-order valence-corrected chi connectivity index (χ4v) is 2.89. The van der Waals surface area contributed by atoms with E-state index in [-0.39, 0.29) is 0 Å². The SMILES string of the molecule is [B]C1CC(CO[Si](C)(C)C)C(C)C1C. The van der Waals surface area contributed by atoms with Gasteiger partial charge in [0.15, 0.2) is 8.32 Å². The average molecular weight is 210 g/mol. The standard InChI is InChI=1S/C11H23BOSi/c1-8-9(2)11(12)6-10(8)7-13-14(3,4)5/h8-11H,6-7H2,1-5H3. The number of rotatable bonds is 3. The fraction of sp³-hybridized carbons (Fsp3) is 1.00. The summed E-state index contributed by atoms with van der Waals surface area (Å²) in [5, 5.41) is 0. The van der Waals surface area contributed by atoms with Gasteiger partial charge in [0.2, 0.25) is 0 Å². The molecule has 14 heavy (non-hydrogen) atoms. The molecular formula is C11H23BOSi. The summed E-state index contributed by atoms with van der Waals surface area (Å²) < 4.78 is 5.96. The van der Waals surface area contributed by atoms with E-state index in [0.717, 1.165) is 18.9 Å². The Morgan fingerprint density at radius 1 is 1.21 bits per heavy atom. The summed E-state index contributed by atoms with van der Waals surface area (Å²) in [6, 6.07) is 0. The van der Waals surface area contributed by atoms with Crippen molar-refractivity contribution >= 4 is 16.2 Å². The van der Waals surface area contributed by atoms with Gasteiger partial charge in [-0.3, -0.25) is 0 Å². The highest BCUT2D eigenvalue weighted by Gasteiger charge is 2.35. The molecule has 0 amide bonds. The van der Waals surface area contributed by atoms with E-state index < -0.39 is 8.32 Å². The van der Waals surface area contributed by atoms with E-state index in [0.29, 0.717) is 17.7 Å². The predicted molar refractivity (Wildman–Crippen MR) is 65.2 cm³/mol. The molecule has 1 aliphatic rings. The van der Waals surface area contributed by atoms with Gasteiger partial charge in [-0.1, -0.05) is 26.1 Å². The van der Waals surface area contributed by atoms with Gasteiger partial charge in [-0.05, 0) is 37.4 Å². The van der Waals surface area contributed by atoms with E-state index in [1.54, 1.807) is 0 Å². The van der Waals surface area contributed by atoms with E-state index in [1.807, 2.05) is 0 Å². The molecule has 0 aromatic rings. The van der Waals surface area contributed by atoms with Crippen LogP contribution in [0.2, 0.25) is 25.5 Å². The van der Waals surface area contributed by atoms with Gasteiger partial charge in [-0.15, -0.1) is 0 Å². The molecule has 3 heteroatoms. The van der Waals surface area contributed by atoms with E-state index in [4.69, 9.17) is 12.3 Å². The van der Waals surface area contributed by atoms with Crippen molar-refractivity contribution < 1.29 is 4.43 Å². The zero-order valence-corrected chi connectivity index (χ0v) is 11.2. The maximum absolute atomic E-state index is 6.05. The normalized spacial score (nSPS) is 38.9. The predicted octanol–water partition coefficient (Wildman–Crippen LogP) is 3.09. The monoisotopic (exact) mass is 210 g/mol. The lowest BCUT2D eigenvalue weighted by molar-refractivity contribution is 0.205. The first-order valence-electron chi connectivity index (χ1n) is 5.71. The smallest absolute Gasteiger partial charge is 0.183 e. The van der Waals surface area contributed by atoms with E-state index in [1.165, 1.54) is 0 Å². The van der Waals surface area contributed by atoms with Crippen LogP contribution in [0.5, 0.6) is 0 Å². The minimum Gasteiger partial charge on any atom is -0.417 e. The highest BCUT2D eigenvalue weighted by Crippen LogP contribution is 2.43. The van der Waals surface area contributed by atoms with Crippen LogP contribution in [0.3, 0.4) is 0 Å². The van der Waals surface area contributed by atoms with Crippen molar-refractivity contribution in [1.29, 1.82) is 0 Å². The Morgan fingerprint density at radius 2 is 1.79 bits per heavy atom. The van der Waals surface area contributed by atoms with Crippen molar-refractivity contribution in [3.63, 3.8) is 0 Å². The first-order valence-corrected chi connectivity index (χ1v) is 9.11. The summed E-state index contributed by atoms with van der Waals surface area (Å²) in [6.45, 7) is 12.2. The van der Waals surface area contributed by atoms with Crippen molar-refractivity contribution in [2.75, 3.05) is 6.61 Å². The Hall–Kier alpha value is 0.242. The van der Waals surface area contributed by atoms with Crippen LogP contribution in [0.25, 0.3) is 0 Å². The molecule has 1 aliphatic carbocycles. The molecule has 0 aliphatic heterocycles. The molecule has 0 saturated heterocycles. The highest BCUT2D eigenvalue weighted by molar-refractivity contribution is 6.69. The minimum absolute atomic E-state index is 0.389. The third-order valence-electron chi connectivity index (χ3n) is 3.55. The zero-order valence-electron chi connectivity index (χ0n) is 10.2. The summed E-state index contributed by atoms with van der Waals surface area (Å²) in [5.74, 6) is 2.46. The largest absolute Gasteiger partial charge is 0.417 e. The lowest BCUT2D eigenvalue weighted by Gasteiger charge is -2.23. The molecule has 0 N–H and O–H groups in total. The molecule has 1 rings (SSSR count). The van der Waals surface area contributed by atoms with Crippen LogP contribution in [0.1, 0.15) is 20.3 Å². The Morgan fingerprint density at radius 3 is 2.14 bits per heavy atom. The summed E-state index contributed by atoms with van der Waals surface area (Å²) >= 11 is 0. The number of hydrogen-bond donors (Lipinski definition) is 0. The second-order valence-corrected chi connectivity index (χ2v) is 10.3. The molecule has 0 bridgehead atoms. The maximum Gasteiger partial charge on any atom is 0.183 e. The molecule has 1 saturated carbocycles. The molecule has 80 valence electrons. The average Bonchev–Trinajstić information content (AvgIpc) is 2.28. The molecule has 4 atom stereocenters. The molecule has 0 aromatic heterocycles. The Balaban J connectivity index is 2.40. The van der Waals surface area contributed by atoms with Crippen LogP contribution in [0.4, 0.5) is 0 Å². The lowest BCUT2D eigenvalue weighted by Crippen LogP contribution is -2.29. The summed E-state index contributed by atoms with van der Waals surface area (Å²) in [5.41, 5.74) is 0. The van der Waals surface area contributed by atoms with E-state index in [9.17, 15) is 0 Å². The zero-order chi connectivity index (χ0) is 10.9. The van der Waals surface area contributed by atoms with Crippen molar-refractivity contribution in [2.24, 2.45) is 17.8 Å². The van der Waals surface area contributed by atoms with Crippen molar-refractivity contribution in [2.45, 2.75) is 45.7 Å². The first kappa shape index (κ1) is 12.3. The topological polar surface area (TPSA) is 9.23 Å². The molecule has 0 aromatic carbocycles. The Kier molecular flexibility index (Phi) is 3.87. The number of hydrogen-bond acceptors (Lipinski definition) is 1. The molecule has 1 fully saturated rings. The van der Waals surface area contributed by atoms with Crippen molar-refractivity contribution in [3.8, 4) is 0 Å². The summed E-state index contributed by atoms with van der Waals surface area (Å²) in [6.07, 6.45) is 1.15. The van der Waals surface area contributed by atoms with Gasteiger partial charge in [0.1, 0.15) is 0 Å². The van der Waals surface area contributed by atoms with Gasteiger partial charge in [0.25, 0.3) is 0 Å². The molecule has 2 radical (unpaired) electrons. The van der Waals surface area contributed by atoms with Gasteiger partial charge in [0.05, 0.1) is 7.85 Å². The molecule has 4 unspecified atom stereocenters. The van der Waals surface area contributed by atoms with Gasteiger partial charge in [-0.25, -0.2) is 0 Å². The lowest BCUT2D eigenvalue weighted by atomic mass is 9.78. The molecular weight excluding hydrogens is 187 g/mol. The van der Waals surface area contributed by atoms with Crippen LogP contribution in [-0.4, -0.2) is 22.8 Å². The highest BCUT2D eigenvalue weighted by atomic mass is 28.4. The van der Waals surface area contributed by atoms with Crippen LogP contribution in [0.15, 0.2) is 0 Å². The van der Waals surface area contributed by atoms with Gasteiger partial charge in [0, 0.05) is 6.61 Å². The fourth-order valence-electron chi connectivity index (χ4n) is 2.17. The van der Waals surface area contributed by atoms with Crippen LogP contribution in [-0.2, 0) is 4.43 Å². The Bertz CT molecular complexity index is 190. The Labute approximate surface area is 91.2 Å². The first-order chi connectivity index (χ1) is 6.31. The van der Waals surface area contributed by atoms with Crippen LogP contribution >= 0.6 is 0 Å². The molecule has 0 heterocycles. The van der Waals surface area contributed by atoms with Gasteiger partial charge >= 0.3 is 0 Å². The second kappa shape index (κ2) is 4.40. The van der Waals surface area contributed by atoms with Gasteiger partial charge < -0.3 is 4.43 Å². The third-order valence-corrected chi connectivity index (χ3v) is 4.59. The maximum atomic E-state index is 6.05. The molecule has 1 nitrogen and oxygen atoms in total. The minimum atomic E-state index is -1.34. The van der Waals surface area contributed by atoms with Crippen molar-refractivity contribution in [1.82, 2.24) is 0 Å². The van der Waals surface area contributed by atoms with Gasteiger partial charge in [-0.2, -0.15) is 0 Å². The van der Waals surface area contributed by atoms with Crippen molar-refractivity contribution in [3.05, 3.63) is 0 Å². The second-order valence-electron chi connectivity index (χ2n) is 5.80. The van der Waals surface area contributed by atoms with Crippen LogP contribution in [0, 0.1) is 17.8 Å². The molecule has 0 spiro atoms. The summed E-state index contributed by atoms with van der Waals surface area (Å²) in [7, 11) is 4.71. The quantitative estimate of drug-likeness (QED) is 0.650.